The van der Waals surface area contributed by atoms with Crippen LogP contribution in [0.15, 0.2) is 5.38 Å². The van der Waals surface area contributed by atoms with Gasteiger partial charge in [0.25, 0.3) is 0 Å². The molecule has 19 heavy (non-hydrogen) atoms. The zero-order valence-corrected chi connectivity index (χ0v) is 11.9. The molecule has 0 aliphatic carbocycles. The van der Waals surface area contributed by atoms with Gasteiger partial charge in [-0.2, -0.15) is 0 Å². The zero-order valence-electron chi connectivity index (χ0n) is 11.1. The fourth-order valence-electron chi connectivity index (χ4n) is 2.78. The van der Waals surface area contributed by atoms with Gasteiger partial charge in [-0.1, -0.05) is 0 Å². The molecule has 2 aliphatic heterocycles. The molecule has 2 atom stereocenters. The van der Waals surface area contributed by atoms with Crippen LogP contribution >= 0.6 is 11.3 Å². The largest absolute Gasteiger partial charge is 0.374 e. The molecule has 2 saturated heterocycles. The molecular weight excluding hydrogens is 262 g/mol. The number of carbonyl (C=O) groups is 1. The average Bonchev–Trinajstić information content (AvgIpc) is 2.70. The lowest BCUT2D eigenvalue weighted by molar-refractivity contribution is -0.130. The number of amides is 1. The van der Waals surface area contributed by atoms with Gasteiger partial charge in [0.1, 0.15) is 5.01 Å². The van der Waals surface area contributed by atoms with E-state index in [4.69, 9.17) is 4.74 Å². The number of ether oxygens (including phenoxy) is 1. The second-order valence-corrected chi connectivity index (χ2v) is 6.16. The Balaban J connectivity index is 1.63. The SMILES string of the molecule is Cc1csc(CN2CC[C@H]3C(=O)NCCO[C@H]3C2)n1. The van der Waals surface area contributed by atoms with Crippen molar-refractivity contribution in [3.8, 4) is 0 Å². The molecule has 1 N–H and O–H groups in total. The van der Waals surface area contributed by atoms with Gasteiger partial charge >= 0.3 is 0 Å². The zero-order chi connectivity index (χ0) is 13.2. The van der Waals surface area contributed by atoms with E-state index in [1.54, 1.807) is 11.3 Å². The van der Waals surface area contributed by atoms with Crippen LogP contribution < -0.4 is 5.32 Å². The number of nitrogens with one attached hydrogen (secondary N) is 1. The van der Waals surface area contributed by atoms with E-state index in [2.05, 4.69) is 20.6 Å². The Morgan fingerprint density at radius 3 is 3.32 bits per heavy atom. The van der Waals surface area contributed by atoms with Crippen molar-refractivity contribution in [3.63, 3.8) is 0 Å². The summed E-state index contributed by atoms with van der Waals surface area (Å²) in [5.41, 5.74) is 1.08. The van der Waals surface area contributed by atoms with Crippen molar-refractivity contribution in [2.75, 3.05) is 26.2 Å². The Kier molecular flexibility index (Phi) is 3.81. The van der Waals surface area contributed by atoms with E-state index in [-0.39, 0.29) is 17.9 Å². The molecule has 0 unspecified atom stereocenters. The Labute approximate surface area is 117 Å². The van der Waals surface area contributed by atoms with Crippen molar-refractivity contribution in [2.45, 2.75) is 26.0 Å². The van der Waals surface area contributed by atoms with Gasteiger partial charge in [-0.25, -0.2) is 4.98 Å². The first-order valence-electron chi connectivity index (χ1n) is 6.75. The topological polar surface area (TPSA) is 54.5 Å². The summed E-state index contributed by atoms with van der Waals surface area (Å²) in [7, 11) is 0. The molecule has 5 nitrogen and oxygen atoms in total. The summed E-state index contributed by atoms with van der Waals surface area (Å²) < 4.78 is 5.81. The molecule has 2 aliphatic rings. The molecule has 0 saturated carbocycles. The van der Waals surface area contributed by atoms with Crippen LogP contribution in [0.5, 0.6) is 0 Å². The summed E-state index contributed by atoms with van der Waals surface area (Å²) in [4.78, 5) is 18.7. The maximum Gasteiger partial charge on any atom is 0.225 e. The number of rotatable bonds is 2. The van der Waals surface area contributed by atoms with Crippen molar-refractivity contribution >= 4 is 17.2 Å². The number of carbonyl (C=O) groups excluding carboxylic acids is 1. The number of likely N-dealkylation sites (tertiary alicyclic amines) is 1. The lowest BCUT2D eigenvalue weighted by Crippen LogP contribution is -2.48. The molecule has 1 amide bonds. The third kappa shape index (κ3) is 2.96. The number of fused-ring (bicyclic) bond motifs is 1. The maximum absolute atomic E-state index is 11.9. The van der Waals surface area contributed by atoms with Crippen LogP contribution in [0.4, 0.5) is 0 Å². The first kappa shape index (κ1) is 13.0. The second-order valence-electron chi connectivity index (χ2n) is 5.21. The molecular formula is C13H19N3O2S. The van der Waals surface area contributed by atoms with Crippen LogP contribution in [0.3, 0.4) is 0 Å². The Hall–Kier alpha value is -0.980. The van der Waals surface area contributed by atoms with Gasteiger partial charge in [-0.15, -0.1) is 11.3 Å². The highest BCUT2D eigenvalue weighted by molar-refractivity contribution is 7.09. The predicted molar refractivity (Wildman–Crippen MR) is 73.0 cm³/mol. The van der Waals surface area contributed by atoms with Crippen molar-refractivity contribution in [2.24, 2.45) is 5.92 Å². The minimum absolute atomic E-state index is 0.0248. The average molecular weight is 281 g/mol. The van der Waals surface area contributed by atoms with E-state index < -0.39 is 0 Å². The smallest absolute Gasteiger partial charge is 0.225 e. The maximum atomic E-state index is 11.9. The molecule has 3 rings (SSSR count). The summed E-state index contributed by atoms with van der Waals surface area (Å²) in [6.07, 6.45) is 0.915. The van der Waals surface area contributed by atoms with Crippen LogP contribution in [0.25, 0.3) is 0 Å². The lowest BCUT2D eigenvalue weighted by Gasteiger charge is -2.35. The van der Waals surface area contributed by atoms with Crippen molar-refractivity contribution in [1.29, 1.82) is 0 Å². The number of aromatic nitrogens is 1. The summed E-state index contributed by atoms with van der Waals surface area (Å²) in [5, 5.41) is 6.15. The van der Waals surface area contributed by atoms with Crippen molar-refractivity contribution < 1.29 is 9.53 Å². The van der Waals surface area contributed by atoms with Crippen LogP contribution in [-0.2, 0) is 16.1 Å². The van der Waals surface area contributed by atoms with Gasteiger partial charge in [0.15, 0.2) is 0 Å². The summed E-state index contributed by atoms with van der Waals surface area (Å²) in [6.45, 7) is 5.92. The highest BCUT2D eigenvalue weighted by atomic mass is 32.1. The molecule has 0 bridgehead atoms. The van der Waals surface area contributed by atoms with Crippen molar-refractivity contribution in [1.82, 2.24) is 15.2 Å². The Morgan fingerprint density at radius 2 is 2.53 bits per heavy atom. The third-order valence-electron chi connectivity index (χ3n) is 3.74. The molecule has 0 spiro atoms. The molecule has 1 aromatic rings. The fraction of sp³-hybridized carbons (Fsp3) is 0.692. The van der Waals surface area contributed by atoms with Gasteiger partial charge in [0.2, 0.25) is 5.91 Å². The summed E-state index contributed by atoms with van der Waals surface area (Å²) in [5.74, 6) is 0.184. The fourth-order valence-corrected chi connectivity index (χ4v) is 3.59. The van der Waals surface area contributed by atoms with Crippen LogP contribution in [0.1, 0.15) is 17.1 Å². The van der Waals surface area contributed by atoms with E-state index in [1.165, 1.54) is 0 Å². The van der Waals surface area contributed by atoms with Gasteiger partial charge in [-0.05, 0) is 19.9 Å². The normalized spacial score (nSPS) is 28.6. The van der Waals surface area contributed by atoms with Gasteiger partial charge in [-0.3, -0.25) is 9.69 Å². The molecule has 0 aromatic carbocycles. The predicted octanol–water partition coefficient (Wildman–Crippen LogP) is 0.788. The molecule has 3 heterocycles. The minimum atomic E-state index is 0.0248. The Morgan fingerprint density at radius 1 is 1.63 bits per heavy atom. The van der Waals surface area contributed by atoms with Gasteiger partial charge in [0, 0.05) is 24.2 Å². The number of piperidine rings is 1. The van der Waals surface area contributed by atoms with Gasteiger partial charge in [0.05, 0.1) is 25.2 Å². The van der Waals surface area contributed by atoms with E-state index in [0.29, 0.717) is 13.2 Å². The van der Waals surface area contributed by atoms with E-state index >= 15 is 0 Å². The molecule has 2 fully saturated rings. The van der Waals surface area contributed by atoms with E-state index in [1.807, 2.05) is 6.92 Å². The first-order chi connectivity index (χ1) is 9.22. The van der Waals surface area contributed by atoms with Gasteiger partial charge < -0.3 is 10.1 Å². The monoisotopic (exact) mass is 281 g/mol. The lowest BCUT2D eigenvalue weighted by atomic mass is 9.93. The number of hydrogen-bond acceptors (Lipinski definition) is 5. The quantitative estimate of drug-likeness (QED) is 0.871. The van der Waals surface area contributed by atoms with Crippen LogP contribution in [-0.4, -0.2) is 48.1 Å². The highest BCUT2D eigenvalue weighted by Gasteiger charge is 2.36. The second kappa shape index (κ2) is 5.56. The number of hydrogen-bond donors (Lipinski definition) is 1. The number of nitrogens with zero attached hydrogens (tertiary/aromatic N) is 2. The molecule has 104 valence electrons. The standard InChI is InChI=1S/C13H19N3O2S/c1-9-8-19-12(15-9)7-16-4-2-10-11(6-16)18-5-3-14-13(10)17/h8,10-11H,2-7H2,1H3,(H,14,17)/t10-,11+/m1/s1. The minimum Gasteiger partial charge on any atom is -0.374 e. The molecule has 0 radical (unpaired) electrons. The summed E-state index contributed by atoms with van der Waals surface area (Å²) in [6, 6.07) is 0. The number of thiazole rings is 1. The Bertz CT molecular complexity index is 462. The number of aryl methyl sites for hydroxylation is 1. The summed E-state index contributed by atoms with van der Waals surface area (Å²) >= 11 is 1.70. The molecule has 1 aromatic heterocycles. The van der Waals surface area contributed by atoms with Crippen LogP contribution in [0.2, 0.25) is 0 Å². The third-order valence-corrected chi connectivity index (χ3v) is 4.69. The first-order valence-corrected chi connectivity index (χ1v) is 7.63. The van der Waals surface area contributed by atoms with E-state index in [9.17, 15) is 4.79 Å². The van der Waals surface area contributed by atoms with Crippen LogP contribution in [0, 0.1) is 12.8 Å². The highest BCUT2D eigenvalue weighted by Crippen LogP contribution is 2.24. The van der Waals surface area contributed by atoms with Crippen molar-refractivity contribution in [3.05, 3.63) is 16.1 Å². The van der Waals surface area contributed by atoms with E-state index in [0.717, 1.165) is 36.8 Å². The molecule has 6 heteroatoms.